The summed E-state index contributed by atoms with van der Waals surface area (Å²) >= 11 is 6.02. The average Bonchev–Trinajstić information content (AvgIpc) is 3.69. The summed E-state index contributed by atoms with van der Waals surface area (Å²) < 4.78 is 14.2. The lowest BCUT2D eigenvalue weighted by atomic mass is 9.82. The molecule has 8 heteroatoms. The van der Waals surface area contributed by atoms with E-state index in [9.17, 15) is 19.4 Å². The number of phenols is 1. The van der Waals surface area contributed by atoms with Gasteiger partial charge in [0.25, 0.3) is 0 Å². The number of aromatic hydroxyl groups is 1. The normalized spacial score (nSPS) is 22.3. The molecule has 3 aromatic rings. The monoisotopic (exact) mass is 497 g/mol. The molecular formula is C27H29ClFN3O3. The summed E-state index contributed by atoms with van der Waals surface area (Å²) in [6.45, 7) is 0.554. The standard InChI is InChI=1S/C27H29ClFN3O3/c1-30-14-27(35)8-6-18(7-9-27)32-24-19-10-16(17-11-21(28)26(34)22(29)12-17)4-5-23(19)31-13-20(24)25(33)15-2-3-15/h4-5,10-13,15,18,30,34-35H,2-3,6-9,14H2,1H3,(H,31,32). The smallest absolute Gasteiger partial charge is 0.170 e. The van der Waals surface area contributed by atoms with Gasteiger partial charge in [0.05, 0.1) is 27.4 Å². The molecular weight excluding hydrogens is 469 g/mol. The van der Waals surface area contributed by atoms with Crippen LogP contribution in [0.15, 0.2) is 36.5 Å². The van der Waals surface area contributed by atoms with Crippen LogP contribution in [0.25, 0.3) is 22.0 Å². The van der Waals surface area contributed by atoms with Crippen LogP contribution in [-0.2, 0) is 0 Å². The number of nitrogens with zero attached hydrogens (tertiary/aromatic N) is 1. The molecule has 1 heterocycles. The average molecular weight is 498 g/mol. The zero-order valence-electron chi connectivity index (χ0n) is 19.6. The van der Waals surface area contributed by atoms with Crippen molar-refractivity contribution in [3.63, 3.8) is 0 Å². The van der Waals surface area contributed by atoms with Crippen molar-refractivity contribution in [3.05, 3.63) is 52.9 Å². The maximum Gasteiger partial charge on any atom is 0.170 e. The number of likely N-dealkylation sites (N-methyl/N-ethyl adjacent to an activating group) is 1. The number of aromatic nitrogens is 1. The predicted octanol–water partition coefficient (Wildman–Crippen LogP) is 5.30. The van der Waals surface area contributed by atoms with Gasteiger partial charge in [0.2, 0.25) is 0 Å². The van der Waals surface area contributed by atoms with Crippen LogP contribution in [0, 0.1) is 11.7 Å². The number of phenolic OH excluding ortho intramolecular Hbond substituents is 1. The molecule has 35 heavy (non-hydrogen) atoms. The van der Waals surface area contributed by atoms with Gasteiger partial charge in [-0.15, -0.1) is 0 Å². The lowest BCUT2D eigenvalue weighted by Gasteiger charge is -2.37. The molecule has 0 amide bonds. The summed E-state index contributed by atoms with van der Waals surface area (Å²) in [7, 11) is 1.84. The van der Waals surface area contributed by atoms with Gasteiger partial charge < -0.3 is 20.8 Å². The number of carbonyl (C=O) groups is 1. The molecule has 0 spiro atoms. The Kier molecular flexibility index (Phi) is 6.42. The van der Waals surface area contributed by atoms with Crippen molar-refractivity contribution < 1.29 is 19.4 Å². The zero-order valence-corrected chi connectivity index (χ0v) is 20.3. The number of ketones is 1. The van der Waals surface area contributed by atoms with Crippen LogP contribution < -0.4 is 10.6 Å². The number of anilines is 1. The van der Waals surface area contributed by atoms with Gasteiger partial charge in [-0.3, -0.25) is 9.78 Å². The molecule has 0 atom stereocenters. The van der Waals surface area contributed by atoms with Gasteiger partial charge in [-0.05, 0) is 81.0 Å². The molecule has 2 aliphatic carbocycles. The first kappa shape index (κ1) is 24.0. The van der Waals surface area contributed by atoms with E-state index in [1.54, 1.807) is 6.20 Å². The molecule has 2 aromatic carbocycles. The summed E-state index contributed by atoms with van der Waals surface area (Å²) in [6.07, 6.45) is 6.31. The van der Waals surface area contributed by atoms with Crippen LogP contribution in [0.4, 0.5) is 10.1 Å². The van der Waals surface area contributed by atoms with Crippen LogP contribution in [0.1, 0.15) is 48.9 Å². The molecule has 1 aromatic heterocycles. The molecule has 5 rings (SSSR count). The third-order valence-electron chi connectivity index (χ3n) is 7.20. The number of rotatable bonds is 7. The molecule has 2 fully saturated rings. The second-order valence-corrected chi connectivity index (χ2v) is 10.3. The van der Waals surface area contributed by atoms with Crippen molar-refractivity contribution in [2.45, 2.75) is 50.2 Å². The number of hydrogen-bond donors (Lipinski definition) is 4. The maximum atomic E-state index is 14.2. The van der Waals surface area contributed by atoms with Gasteiger partial charge in [-0.2, -0.15) is 0 Å². The van der Waals surface area contributed by atoms with E-state index in [2.05, 4.69) is 15.6 Å². The molecule has 4 N–H and O–H groups in total. The van der Waals surface area contributed by atoms with E-state index in [0.717, 1.165) is 42.3 Å². The number of benzene rings is 2. The Morgan fingerprint density at radius 1 is 1.17 bits per heavy atom. The SMILES string of the molecule is CNCC1(O)CCC(Nc2c(C(=O)C3CC3)cnc3ccc(-c4cc(F)c(O)c(Cl)c4)cc23)CC1. The first-order valence-corrected chi connectivity index (χ1v) is 12.4. The van der Waals surface area contributed by atoms with Gasteiger partial charge in [0, 0.05) is 30.1 Å². The Hall–Kier alpha value is -2.74. The molecule has 2 aliphatic rings. The van der Waals surface area contributed by atoms with E-state index in [1.165, 1.54) is 12.1 Å². The van der Waals surface area contributed by atoms with Crippen LogP contribution in [-0.4, -0.2) is 46.2 Å². The van der Waals surface area contributed by atoms with Gasteiger partial charge in [0.15, 0.2) is 17.3 Å². The molecule has 2 saturated carbocycles. The molecule has 0 radical (unpaired) electrons. The van der Waals surface area contributed by atoms with Crippen molar-refractivity contribution in [3.8, 4) is 16.9 Å². The highest BCUT2D eigenvalue weighted by molar-refractivity contribution is 6.32. The number of nitrogens with one attached hydrogen (secondary N) is 2. The number of Topliss-reactive ketones (excluding diaryl/α,β-unsaturated/α-hetero) is 1. The van der Waals surface area contributed by atoms with E-state index >= 15 is 0 Å². The second kappa shape index (κ2) is 9.37. The van der Waals surface area contributed by atoms with Gasteiger partial charge in [-0.25, -0.2) is 4.39 Å². The third kappa shape index (κ3) is 4.85. The summed E-state index contributed by atoms with van der Waals surface area (Å²) in [5.74, 6) is -1.24. The predicted molar refractivity (Wildman–Crippen MR) is 136 cm³/mol. The topological polar surface area (TPSA) is 94.5 Å². The summed E-state index contributed by atoms with van der Waals surface area (Å²) in [6, 6.07) is 8.41. The summed E-state index contributed by atoms with van der Waals surface area (Å²) in [5.41, 5.74) is 2.54. The van der Waals surface area contributed by atoms with Crippen molar-refractivity contribution in [2.75, 3.05) is 18.9 Å². The minimum absolute atomic E-state index is 0.0371. The fourth-order valence-corrected chi connectivity index (χ4v) is 5.23. The first-order chi connectivity index (χ1) is 16.8. The van der Waals surface area contributed by atoms with Crippen molar-refractivity contribution in [2.24, 2.45) is 5.92 Å². The number of halogens is 2. The second-order valence-electron chi connectivity index (χ2n) is 9.88. The number of pyridine rings is 1. The Balaban J connectivity index is 1.55. The van der Waals surface area contributed by atoms with Crippen molar-refractivity contribution in [1.29, 1.82) is 0 Å². The molecule has 6 nitrogen and oxygen atoms in total. The highest BCUT2D eigenvalue weighted by Gasteiger charge is 2.35. The lowest BCUT2D eigenvalue weighted by molar-refractivity contribution is 0.00394. The fourth-order valence-electron chi connectivity index (χ4n) is 5.02. The molecule has 0 aliphatic heterocycles. The largest absolute Gasteiger partial charge is 0.504 e. The summed E-state index contributed by atoms with van der Waals surface area (Å²) in [4.78, 5) is 17.7. The van der Waals surface area contributed by atoms with E-state index in [1.807, 2.05) is 25.2 Å². The van der Waals surface area contributed by atoms with Crippen LogP contribution in [0.2, 0.25) is 5.02 Å². The first-order valence-electron chi connectivity index (χ1n) is 12.1. The van der Waals surface area contributed by atoms with Crippen LogP contribution in [0.3, 0.4) is 0 Å². The van der Waals surface area contributed by atoms with E-state index in [-0.39, 0.29) is 22.8 Å². The highest BCUT2D eigenvalue weighted by atomic mass is 35.5. The summed E-state index contributed by atoms with van der Waals surface area (Å²) in [5, 5.41) is 27.9. The Morgan fingerprint density at radius 2 is 1.91 bits per heavy atom. The lowest BCUT2D eigenvalue weighted by Crippen LogP contribution is -2.44. The van der Waals surface area contributed by atoms with Gasteiger partial charge in [0.1, 0.15) is 0 Å². The molecule has 0 saturated heterocycles. The molecule has 184 valence electrons. The number of fused-ring (bicyclic) bond motifs is 1. The Labute approximate surface area is 208 Å². The van der Waals surface area contributed by atoms with Crippen LogP contribution >= 0.6 is 11.6 Å². The van der Waals surface area contributed by atoms with Gasteiger partial charge >= 0.3 is 0 Å². The number of aliphatic hydroxyl groups is 1. The Morgan fingerprint density at radius 3 is 2.57 bits per heavy atom. The van der Waals surface area contributed by atoms with Crippen LogP contribution in [0.5, 0.6) is 5.75 Å². The van der Waals surface area contributed by atoms with E-state index in [0.29, 0.717) is 36.1 Å². The van der Waals surface area contributed by atoms with E-state index < -0.39 is 17.2 Å². The number of hydrogen-bond acceptors (Lipinski definition) is 6. The third-order valence-corrected chi connectivity index (χ3v) is 7.49. The van der Waals surface area contributed by atoms with Crippen molar-refractivity contribution >= 4 is 34.0 Å². The molecule has 0 unspecified atom stereocenters. The highest BCUT2D eigenvalue weighted by Crippen LogP contribution is 2.40. The zero-order chi connectivity index (χ0) is 24.7. The molecule has 0 bridgehead atoms. The quantitative estimate of drug-likeness (QED) is 0.331. The minimum atomic E-state index is -0.794. The minimum Gasteiger partial charge on any atom is -0.504 e. The maximum absolute atomic E-state index is 14.2. The van der Waals surface area contributed by atoms with Gasteiger partial charge in [-0.1, -0.05) is 17.7 Å². The fraction of sp³-hybridized carbons (Fsp3) is 0.407. The van der Waals surface area contributed by atoms with Crippen molar-refractivity contribution in [1.82, 2.24) is 10.3 Å². The van der Waals surface area contributed by atoms with E-state index in [4.69, 9.17) is 11.6 Å². The Bertz CT molecular complexity index is 1260. The number of carbonyl (C=O) groups excluding carboxylic acids is 1.